The Balaban J connectivity index is 1.46. The SMILES string of the molecule is CC(NCCCN1CCOCC1)=C1C(=O)C[C@@H]2[C@H]1C2(C)C. The number of hydrogen-bond acceptors (Lipinski definition) is 4. The van der Waals surface area contributed by atoms with Gasteiger partial charge in [0, 0.05) is 37.3 Å². The Kier molecular flexibility index (Phi) is 4.10. The third kappa shape index (κ3) is 2.88. The summed E-state index contributed by atoms with van der Waals surface area (Å²) in [5, 5.41) is 3.49. The van der Waals surface area contributed by atoms with Gasteiger partial charge in [0.1, 0.15) is 0 Å². The molecule has 0 amide bonds. The number of nitrogens with one attached hydrogen (secondary N) is 1. The maximum Gasteiger partial charge on any atom is 0.161 e. The van der Waals surface area contributed by atoms with Crippen molar-refractivity contribution in [2.45, 2.75) is 33.6 Å². The number of allylic oxidation sites excluding steroid dienone is 2. The number of carbonyl (C=O) groups excluding carboxylic acids is 1. The monoisotopic (exact) mass is 292 g/mol. The molecule has 1 saturated heterocycles. The molecule has 0 unspecified atom stereocenters. The zero-order valence-corrected chi connectivity index (χ0v) is 13.6. The van der Waals surface area contributed by atoms with Crippen molar-refractivity contribution in [1.29, 1.82) is 0 Å². The maximum atomic E-state index is 12.1. The molecular formula is C17H28N2O2. The van der Waals surface area contributed by atoms with E-state index in [1.54, 1.807) is 0 Å². The zero-order chi connectivity index (χ0) is 15.0. The second-order valence-corrected chi connectivity index (χ2v) is 7.31. The number of rotatable bonds is 5. The van der Waals surface area contributed by atoms with E-state index >= 15 is 0 Å². The molecule has 21 heavy (non-hydrogen) atoms. The molecule has 0 aromatic rings. The molecule has 2 atom stereocenters. The Bertz CT molecular complexity index is 450. The first-order valence-electron chi connectivity index (χ1n) is 8.29. The number of ether oxygens (including phenoxy) is 1. The number of fused-ring (bicyclic) bond motifs is 1. The van der Waals surface area contributed by atoms with Gasteiger partial charge in [-0.1, -0.05) is 13.8 Å². The minimum atomic E-state index is 0.347. The lowest BCUT2D eigenvalue weighted by atomic mass is 9.95. The van der Waals surface area contributed by atoms with E-state index in [-0.39, 0.29) is 0 Å². The van der Waals surface area contributed by atoms with E-state index in [9.17, 15) is 4.79 Å². The van der Waals surface area contributed by atoms with Crippen molar-refractivity contribution < 1.29 is 9.53 Å². The minimum Gasteiger partial charge on any atom is -0.388 e. The third-order valence-electron chi connectivity index (χ3n) is 5.62. The van der Waals surface area contributed by atoms with E-state index in [0.29, 0.717) is 23.0 Å². The van der Waals surface area contributed by atoms with Gasteiger partial charge in [0.25, 0.3) is 0 Å². The molecule has 0 spiro atoms. The van der Waals surface area contributed by atoms with Crippen LogP contribution in [0.25, 0.3) is 0 Å². The van der Waals surface area contributed by atoms with Crippen LogP contribution in [0.15, 0.2) is 11.3 Å². The quantitative estimate of drug-likeness (QED) is 0.620. The zero-order valence-electron chi connectivity index (χ0n) is 13.6. The van der Waals surface area contributed by atoms with Gasteiger partial charge in [0.15, 0.2) is 5.78 Å². The van der Waals surface area contributed by atoms with Crippen molar-refractivity contribution in [1.82, 2.24) is 10.2 Å². The lowest BCUT2D eigenvalue weighted by Crippen LogP contribution is -2.37. The average Bonchev–Trinajstić information content (AvgIpc) is 2.83. The van der Waals surface area contributed by atoms with Gasteiger partial charge in [-0.15, -0.1) is 0 Å². The molecule has 4 heteroatoms. The van der Waals surface area contributed by atoms with Crippen molar-refractivity contribution in [3.63, 3.8) is 0 Å². The summed E-state index contributed by atoms with van der Waals surface area (Å²) < 4.78 is 5.36. The van der Waals surface area contributed by atoms with Gasteiger partial charge in [0.2, 0.25) is 0 Å². The molecule has 0 radical (unpaired) electrons. The predicted octanol–water partition coefficient (Wildman–Crippen LogP) is 1.82. The topological polar surface area (TPSA) is 41.6 Å². The second kappa shape index (κ2) is 5.73. The first-order chi connectivity index (χ1) is 10.0. The molecule has 1 heterocycles. The highest BCUT2D eigenvalue weighted by molar-refractivity contribution is 6.01. The molecule has 2 saturated carbocycles. The number of Topliss-reactive ketones (excluding diaryl/α,β-unsaturated/α-hetero) is 1. The predicted molar refractivity (Wildman–Crippen MR) is 83.0 cm³/mol. The van der Waals surface area contributed by atoms with E-state index in [1.165, 1.54) is 0 Å². The fourth-order valence-electron chi connectivity index (χ4n) is 4.12. The van der Waals surface area contributed by atoms with Crippen LogP contribution in [0.3, 0.4) is 0 Å². The number of hydrogen-bond donors (Lipinski definition) is 1. The molecule has 4 nitrogen and oxygen atoms in total. The molecule has 1 aliphatic heterocycles. The Labute approximate surface area is 127 Å². The molecule has 3 rings (SSSR count). The van der Waals surface area contributed by atoms with Gasteiger partial charge < -0.3 is 10.1 Å². The first-order valence-corrected chi connectivity index (χ1v) is 8.29. The molecule has 118 valence electrons. The summed E-state index contributed by atoms with van der Waals surface area (Å²) in [5.41, 5.74) is 2.57. The van der Waals surface area contributed by atoms with Crippen molar-refractivity contribution in [2.24, 2.45) is 17.3 Å². The Morgan fingerprint density at radius 2 is 2.10 bits per heavy atom. The summed E-state index contributed by atoms with van der Waals surface area (Å²) in [6.07, 6.45) is 1.89. The highest BCUT2D eigenvalue weighted by Crippen LogP contribution is 2.68. The van der Waals surface area contributed by atoms with Crippen molar-refractivity contribution >= 4 is 5.78 Å². The Morgan fingerprint density at radius 1 is 1.38 bits per heavy atom. The molecule has 3 fully saturated rings. The maximum absolute atomic E-state index is 12.1. The highest BCUT2D eigenvalue weighted by atomic mass is 16.5. The van der Waals surface area contributed by atoms with Crippen LogP contribution < -0.4 is 5.32 Å². The number of ketones is 1. The highest BCUT2D eigenvalue weighted by Gasteiger charge is 2.65. The smallest absolute Gasteiger partial charge is 0.161 e. The lowest BCUT2D eigenvalue weighted by molar-refractivity contribution is -0.115. The summed E-state index contributed by atoms with van der Waals surface area (Å²) in [7, 11) is 0. The molecule has 2 aliphatic carbocycles. The average molecular weight is 292 g/mol. The van der Waals surface area contributed by atoms with Crippen molar-refractivity contribution in [3.8, 4) is 0 Å². The summed E-state index contributed by atoms with van der Waals surface area (Å²) >= 11 is 0. The Morgan fingerprint density at radius 3 is 2.76 bits per heavy atom. The minimum absolute atomic E-state index is 0.347. The van der Waals surface area contributed by atoms with Gasteiger partial charge in [-0.2, -0.15) is 0 Å². The van der Waals surface area contributed by atoms with Crippen molar-refractivity contribution in [2.75, 3.05) is 39.4 Å². The lowest BCUT2D eigenvalue weighted by Gasteiger charge is -2.26. The summed E-state index contributed by atoms with van der Waals surface area (Å²) in [6, 6.07) is 0. The van der Waals surface area contributed by atoms with Crippen LogP contribution in [-0.2, 0) is 9.53 Å². The van der Waals surface area contributed by atoms with Crippen LogP contribution >= 0.6 is 0 Å². The van der Waals surface area contributed by atoms with Gasteiger partial charge >= 0.3 is 0 Å². The molecule has 1 N–H and O–H groups in total. The first kappa shape index (κ1) is 15.0. The third-order valence-corrected chi connectivity index (χ3v) is 5.62. The van der Waals surface area contributed by atoms with Gasteiger partial charge in [-0.3, -0.25) is 9.69 Å². The van der Waals surface area contributed by atoms with Gasteiger partial charge in [-0.05, 0) is 37.1 Å². The molecular weight excluding hydrogens is 264 g/mol. The summed E-state index contributed by atoms with van der Waals surface area (Å²) in [6.45, 7) is 12.6. The summed E-state index contributed by atoms with van der Waals surface area (Å²) in [5.74, 6) is 1.49. The fraction of sp³-hybridized carbons (Fsp3) is 0.824. The van der Waals surface area contributed by atoms with Crippen LogP contribution in [0.5, 0.6) is 0 Å². The van der Waals surface area contributed by atoms with Crippen molar-refractivity contribution in [3.05, 3.63) is 11.3 Å². The van der Waals surface area contributed by atoms with Gasteiger partial charge in [-0.25, -0.2) is 0 Å². The van der Waals surface area contributed by atoms with E-state index in [4.69, 9.17) is 4.74 Å². The van der Waals surface area contributed by atoms with E-state index in [1.807, 2.05) is 0 Å². The number of morpholine rings is 1. The van der Waals surface area contributed by atoms with Crippen LogP contribution in [-0.4, -0.2) is 50.1 Å². The molecule has 0 aromatic carbocycles. The van der Waals surface area contributed by atoms with Crippen LogP contribution in [0.4, 0.5) is 0 Å². The number of nitrogens with zero attached hydrogens (tertiary/aromatic N) is 1. The standard InChI is InChI=1S/C17H28N2O2/c1-12(15-14(20)11-13-16(15)17(13,2)3)18-5-4-6-19-7-9-21-10-8-19/h13,16,18H,4-11H2,1-3H3/t13-,16-/m1/s1. The second-order valence-electron chi connectivity index (χ2n) is 7.31. The number of carbonyl (C=O) groups is 1. The fourth-order valence-corrected chi connectivity index (χ4v) is 4.12. The normalized spacial score (nSPS) is 33.8. The largest absolute Gasteiger partial charge is 0.388 e. The van der Waals surface area contributed by atoms with E-state index in [2.05, 4.69) is 31.0 Å². The molecule has 3 aliphatic rings. The van der Waals surface area contributed by atoms with Crippen LogP contribution in [0, 0.1) is 17.3 Å². The summed E-state index contributed by atoms with van der Waals surface area (Å²) in [4.78, 5) is 14.6. The van der Waals surface area contributed by atoms with Crippen LogP contribution in [0.1, 0.15) is 33.6 Å². The Hall–Kier alpha value is -0.870. The van der Waals surface area contributed by atoms with E-state index in [0.717, 1.165) is 63.5 Å². The van der Waals surface area contributed by atoms with Crippen LogP contribution in [0.2, 0.25) is 0 Å². The molecule has 0 aromatic heterocycles. The molecule has 0 bridgehead atoms. The van der Waals surface area contributed by atoms with E-state index < -0.39 is 0 Å². The van der Waals surface area contributed by atoms with Gasteiger partial charge in [0.05, 0.1) is 13.2 Å².